The molecular weight excluding hydrogens is 378 g/mol. The van der Waals surface area contributed by atoms with Crippen LogP contribution >= 0.6 is 0 Å². The number of aromatic nitrogens is 2. The molecule has 2 amide bonds. The van der Waals surface area contributed by atoms with E-state index in [1.807, 2.05) is 0 Å². The number of fused-ring (bicyclic) bond motifs is 1. The molecule has 152 valence electrons. The van der Waals surface area contributed by atoms with Gasteiger partial charge in [0.05, 0.1) is 17.5 Å². The third kappa shape index (κ3) is 3.96. The van der Waals surface area contributed by atoms with Crippen molar-refractivity contribution in [3.05, 3.63) is 40.4 Å². The Morgan fingerprint density at radius 3 is 2.76 bits per heavy atom. The zero-order valence-electron chi connectivity index (χ0n) is 15.8. The first-order chi connectivity index (χ1) is 13.8. The first-order valence-electron chi connectivity index (χ1n) is 9.04. The van der Waals surface area contributed by atoms with Gasteiger partial charge in [-0.1, -0.05) is 6.07 Å². The number of imidazole rings is 1. The number of carbonyl (C=O) groups is 3. The smallest absolute Gasteiger partial charge is 0.329 e. The molecule has 29 heavy (non-hydrogen) atoms. The van der Waals surface area contributed by atoms with Crippen molar-refractivity contribution in [1.29, 1.82) is 5.41 Å². The number of carbonyl (C=O) groups excluding carboxylic acids is 2. The summed E-state index contributed by atoms with van der Waals surface area (Å²) in [6.07, 6.45) is 3.05. The number of hydrogen-bond acceptors (Lipinski definition) is 6. The molecule has 3 rings (SSSR count). The van der Waals surface area contributed by atoms with Crippen molar-refractivity contribution in [3.63, 3.8) is 0 Å². The summed E-state index contributed by atoms with van der Waals surface area (Å²) in [5.41, 5.74) is 1.94. The van der Waals surface area contributed by atoms with E-state index in [2.05, 4.69) is 10.6 Å². The monoisotopic (exact) mass is 399 g/mol. The van der Waals surface area contributed by atoms with E-state index >= 15 is 0 Å². The van der Waals surface area contributed by atoms with Crippen LogP contribution in [0.25, 0.3) is 16.6 Å². The molecular formula is C19H21N5O5. The minimum Gasteiger partial charge on any atom is -0.481 e. The summed E-state index contributed by atoms with van der Waals surface area (Å²) in [6, 6.07) is 4.39. The van der Waals surface area contributed by atoms with Crippen LogP contribution in [0.3, 0.4) is 0 Å². The molecule has 10 heteroatoms. The third-order valence-corrected chi connectivity index (χ3v) is 4.84. The molecule has 1 aromatic heterocycles. The number of imide groups is 1. The predicted octanol–water partition coefficient (Wildman–Crippen LogP) is 0.372. The number of nitrogens with one attached hydrogen (secondary N) is 3. The number of hydrogen-bond donors (Lipinski definition) is 4. The van der Waals surface area contributed by atoms with E-state index < -0.39 is 17.9 Å². The summed E-state index contributed by atoms with van der Waals surface area (Å²) in [7, 11) is 1.59. The Labute approximate surface area is 165 Å². The lowest BCUT2D eigenvalue weighted by Gasteiger charge is -2.21. The van der Waals surface area contributed by atoms with Gasteiger partial charge in [-0.15, -0.1) is 0 Å². The number of carboxylic acid groups (broad SMARTS) is 1. The Balaban J connectivity index is 1.98. The van der Waals surface area contributed by atoms with Crippen molar-refractivity contribution in [2.45, 2.75) is 25.3 Å². The van der Waals surface area contributed by atoms with Gasteiger partial charge in [0.15, 0.2) is 0 Å². The maximum absolute atomic E-state index is 12.8. The first-order valence-corrected chi connectivity index (χ1v) is 9.04. The van der Waals surface area contributed by atoms with Crippen LogP contribution < -0.4 is 16.3 Å². The maximum Gasteiger partial charge on any atom is 0.329 e. The number of nitrogens with zero attached hydrogens (tertiary/aromatic N) is 2. The molecule has 2 heterocycles. The van der Waals surface area contributed by atoms with Crippen LogP contribution in [0.2, 0.25) is 0 Å². The summed E-state index contributed by atoms with van der Waals surface area (Å²) < 4.78 is 2.81. The number of carboxylic acids is 1. The highest BCUT2D eigenvalue weighted by atomic mass is 16.4. The maximum atomic E-state index is 12.8. The van der Waals surface area contributed by atoms with Gasteiger partial charge in [0.1, 0.15) is 6.04 Å². The van der Waals surface area contributed by atoms with Gasteiger partial charge in [-0.25, -0.2) is 4.79 Å². The van der Waals surface area contributed by atoms with E-state index in [-0.39, 0.29) is 37.4 Å². The summed E-state index contributed by atoms with van der Waals surface area (Å²) in [5.74, 6) is -1.77. The van der Waals surface area contributed by atoms with Gasteiger partial charge < -0.3 is 15.8 Å². The quantitative estimate of drug-likeness (QED) is 0.301. The highest BCUT2D eigenvalue weighted by Crippen LogP contribution is 2.25. The summed E-state index contributed by atoms with van der Waals surface area (Å²) in [6.45, 7) is 0.222. The molecule has 1 aliphatic heterocycles. The SMILES string of the molecule is Cn1c(=O)n(C2CCC(=O)NC2=O)c2ccc(/C(C=N)=C/NCCC(=O)O)cc21. The standard InChI is InChI=1S/C19H21N5O5/c1-23-15-8-11(12(9-20)10-21-7-6-17(26)27)2-3-13(15)24(19(23)29)14-4-5-16(25)22-18(14)28/h2-3,8-10,14,20-21H,4-7H2,1H3,(H,26,27)(H,22,25,28)/b12-10+,20-9?. The lowest BCUT2D eigenvalue weighted by Crippen LogP contribution is -2.44. The van der Waals surface area contributed by atoms with Crippen LogP contribution in [-0.4, -0.2) is 44.8 Å². The van der Waals surface area contributed by atoms with E-state index in [4.69, 9.17) is 10.5 Å². The van der Waals surface area contributed by atoms with Gasteiger partial charge in [-0.3, -0.25) is 28.8 Å². The van der Waals surface area contributed by atoms with Gasteiger partial charge in [0, 0.05) is 38.0 Å². The Morgan fingerprint density at radius 1 is 1.34 bits per heavy atom. The molecule has 10 nitrogen and oxygen atoms in total. The number of amides is 2. The summed E-state index contributed by atoms with van der Waals surface area (Å²) in [4.78, 5) is 47.0. The zero-order valence-corrected chi connectivity index (χ0v) is 15.8. The second kappa shape index (κ2) is 8.13. The summed E-state index contributed by atoms with van der Waals surface area (Å²) in [5, 5.41) is 21.4. The lowest BCUT2D eigenvalue weighted by atomic mass is 10.0. The van der Waals surface area contributed by atoms with Crippen molar-refractivity contribution in [3.8, 4) is 0 Å². The molecule has 0 saturated carbocycles. The summed E-state index contributed by atoms with van der Waals surface area (Å²) >= 11 is 0. The zero-order chi connectivity index (χ0) is 21.1. The van der Waals surface area contributed by atoms with Crippen LogP contribution in [0.1, 0.15) is 30.9 Å². The molecule has 4 N–H and O–H groups in total. The Hall–Kier alpha value is -3.69. The topological polar surface area (TPSA) is 146 Å². The minimum atomic E-state index is -0.923. The number of benzene rings is 1. The fourth-order valence-electron chi connectivity index (χ4n) is 3.34. The molecule has 0 radical (unpaired) electrons. The van der Waals surface area contributed by atoms with Crippen molar-refractivity contribution >= 4 is 40.6 Å². The third-order valence-electron chi connectivity index (χ3n) is 4.84. The largest absolute Gasteiger partial charge is 0.481 e. The van der Waals surface area contributed by atoms with E-state index in [1.54, 1.807) is 31.4 Å². The molecule has 0 bridgehead atoms. The van der Waals surface area contributed by atoms with Crippen LogP contribution in [0, 0.1) is 5.41 Å². The van der Waals surface area contributed by atoms with E-state index in [1.165, 1.54) is 9.13 Å². The highest BCUT2D eigenvalue weighted by Gasteiger charge is 2.31. The number of aliphatic carboxylic acids is 1. The van der Waals surface area contributed by atoms with Crippen LogP contribution in [0.4, 0.5) is 0 Å². The number of aryl methyl sites for hydroxylation is 1. The normalized spacial score (nSPS) is 17.3. The van der Waals surface area contributed by atoms with Crippen molar-refractivity contribution in [2.75, 3.05) is 6.54 Å². The van der Waals surface area contributed by atoms with Gasteiger partial charge in [0.2, 0.25) is 11.8 Å². The van der Waals surface area contributed by atoms with Gasteiger partial charge in [-0.05, 0) is 24.1 Å². The Morgan fingerprint density at radius 2 is 2.10 bits per heavy atom. The predicted molar refractivity (Wildman–Crippen MR) is 106 cm³/mol. The minimum absolute atomic E-state index is 0.0515. The van der Waals surface area contributed by atoms with Crippen molar-refractivity contribution in [2.24, 2.45) is 7.05 Å². The van der Waals surface area contributed by atoms with Crippen molar-refractivity contribution in [1.82, 2.24) is 19.8 Å². The molecule has 1 unspecified atom stereocenters. The average molecular weight is 399 g/mol. The number of allylic oxidation sites excluding steroid dienone is 1. The Bertz CT molecular complexity index is 1090. The molecule has 1 fully saturated rings. The van der Waals surface area contributed by atoms with E-state index in [0.29, 0.717) is 22.2 Å². The van der Waals surface area contributed by atoms with Crippen molar-refractivity contribution < 1.29 is 19.5 Å². The highest BCUT2D eigenvalue weighted by molar-refractivity contribution is 6.09. The van der Waals surface area contributed by atoms with Gasteiger partial charge >= 0.3 is 11.7 Å². The lowest BCUT2D eigenvalue weighted by molar-refractivity contribution is -0.137. The first kappa shape index (κ1) is 20.1. The molecule has 1 saturated heterocycles. The molecule has 0 spiro atoms. The van der Waals surface area contributed by atoms with Crippen LogP contribution in [0.15, 0.2) is 29.2 Å². The fourth-order valence-corrected chi connectivity index (χ4v) is 3.34. The molecule has 1 atom stereocenters. The second-order valence-corrected chi connectivity index (χ2v) is 6.72. The van der Waals surface area contributed by atoms with E-state index in [0.717, 1.165) is 6.21 Å². The van der Waals surface area contributed by atoms with Crippen LogP contribution in [0.5, 0.6) is 0 Å². The number of piperidine rings is 1. The average Bonchev–Trinajstić information content (AvgIpc) is 2.92. The van der Waals surface area contributed by atoms with Crippen LogP contribution in [-0.2, 0) is 21.4 Å². The molecule has 0 aliphatic carbocycles. The molecule has 2 aromatic rings. The van der Waals surface area contributed by atoms with E-state index in [9.17, 15) is 19.2 Å². The molecule has 1 aromatic carbocycles. The van der Waals surface area contributed by atoms with Gasteiger partial charge in [-0.2, -0.15) is 0 Å². The van der Waals surface area contributed by atoms with Gasteiger partial charge in [0.25, 0.3) is 0 Å². The molecule has 1 aliphatic rings. The Kier molecular flexibility index (Phi) is 5.62. The fraction of sp³-hybridized carbons (Fsp3) is 0.316. The second-order valence-electron chi connectivity index (χ2n) is 6.72. The number of rotatable bonds is 7.